The number of benzene rings is 1. The number of rotatable bonds is 1. The Labute approximate surface area is 106 Å². The number of halogens is 3. The van der Waals surface area contributed by atoms with Gasteiger partial charge in [0.25, 0.3) is 0 Å². The quantitative estimate of drug-likeness (QED) is 0.767. The lowest BCUT2D eigenvalue weighted by Crippen LogP contribution is -2.35. The van der Waals surface area contributed by atoms with Crippen LogP contribution in [0, 0.1) is 6.92 Å². The molecule has 0 amide bonds. The topological polar surface area (TPSA) is 20.2 Å². The highest BCUT2D eigenvalue weighted by Gasteiger charge is 2.38. The lowest BCUT2D eigenvalue weighted by molar-refractivity contribution is -0.137. The third-order valence-electron chi connectivity index (χ3n) is 3.04. The van der Waals surface area contributed by atoms with Crippen LogP contribution in [0.15, 0.2) is 12.1 Å². The second kappa shape index (κ2) is 4.61. The molecule has 0 bridgehead atoms. The largest absolute Gasteiger partial charge is 0.446 e. The van der Waals surface area contributed by atoms with Crippen molar-refractivity contribution in [3.63, 3.8) is 0 Å². The Morgan fingerprint density at radius 1 is 1.11 bits per heavy atom. The number of hydrogen-bond donors (Lipinski definition) is 1. The van der Waals surface area contributed by atoms with Crippen molar-refractivity contribution in [3.8, 4) is 0 Å². The van der Waals surface area contributed by atoms with Crippen molar-refractivity contribution in [1.82, 2.24) is 0 Å². The highest BCUT2D eigenvalue weighted by Crippen LogP contribution is 2.35. The summed E-state index contributed by atoms with van der Waals surface area (Å²) >= 11 is 0. The van der Waals surface area contributed by atoms with Crippen LogP contribution in [0.1, 0.15) is 37.5 Å². The summed E-state index contributed by atoms with van der Waals surface area (Å²) in [6.07, 6.45) is -4.45. The monoisotopic (exact) mass is 258 g/mol. The molecule has 18 heavy (non-hydrogen) atoms. The maximum absolute atomic E-state index is 13.1. The van der Waals surface area contributed by atoms with Gasteiger partial charge in [-0.1, -0.05) is 39.7 Å². The van der Waals surface area contributed by atoms with Gasteiger partial charge in [-0.25, -0.2) is 0 Å². The van der Waals surface area contributed by atoms with Gasteiger partial charge in [-0.05, 0) is 28.9 Å². The Kier molecular flexibility index (Phi) is 3.87. The van der Waals surface area contributed by atoms with Crippen LogP contribution in [0.25, 0.3) is 0 Å². The molecule has 0 aliphatic carbocycles. The van der Waals surface area contributed by atoms with Gasteiger partial charge < -0.3 is 5.02 Å². The molecule has 1 aromatic carbocycles. The van der Waals surface area contributed by atoms with Crippen LogP contribution in [-0.4, -0.2) is 11.9 Å². The van der Waals surface area contributed by atoms with E-state index in [1.54, 1.807) is 6.07 Å². The van der Waals surface area contributed by atoms with Crippen molar-refractivity contribution >= 4 is 12.4 Å². The fourth-order valence-electron chi connectivity index (χ4n) is 2.27. The van der Waals surface area contributed by atoms with Crippen LogP contribution >= 0.6 is 0 Å². The second-order valence-electron chi connectivity index (χ2n) is 5.63. The van der Waals surface area contributed by atoms with E-state index in [9.17, 15) is 18.2 Å². The fraction of sp³-hybridized carbons (Fsp3) is 0.538. The summed E-state index contributed by atoms with van der Waals surface area (Å²) < 4.78 is 39.4. The Hall–Kier alpha value is -0.965. The molecule has 0 fully saturated rings. The minimum atomic E-state index is -4.45. The predicted octanol–water partition coefficient (Wildman–Crippen LogP) is 3.13. The molecule has 5 heteroatoms. The summed E-state index contributed by atoms with van der Waals surface area (Å²) in [5.41, 5.74) is -0.271. The molecule has 0 atom stereocenters. The molecule has 0 unspecified atom stereocenters. The first-order chi connectivity index (χ1) is 7.96. The highest BCUT2D eigenvalue weighted by atomic mass is 19.4. The first kappa shape index (κ1) is 15.1. The van der Waals surface area contributed by atoms with E-state index in [0.717, 1.165) is 0 Å². The Bertz CT molecular complexity index is 445. The first-order valence-electron chi connectivity index (χ1n) is 5.85. The summed E-state index contributed by atoms with van der Waals surface area (Å²) in [6, 6.07) is 3.05. The zero-order valence-electron chi connectivity index (χ0n) is 11.3. The summed E-state index contributed by atoms with van der Waals surface area (Å²) in [5.74, 6) is 0. The van der Waals surface area contributed by atoms with E-state index in [1.165, 1.54) is 19.8 Å². The van der Waals surface area contributed by atoms with Gasteiger partial charge in [0.1, 0.15) is 0 Å². The van der Waals surface area contributed by atoms with Crippen LogP contribution < -0.4 is 5.46 Å². The van der Waals surface area contributed by atoms with Gasteiger partial charge in [-0.2, -0.15) is 13.2 Å². The van der Waals surface area contributed by atoms with E-state index >= 15 is 0 Å². The van der Waals surface area contributed by atoms with Crippen molar-refractivity contribution < 1.29 is 18.2 Å². The van der Waals surface area contributed by atoms with Crippen molar-refractivity contribution in [3.05, 3.63) is 28.8 Å². The molecule has 1 N–H and O–H groups in total. The highest BCUT2D eigenvalue weighted by molar-refractivity contribution is 6.65. The van der Waals surface area contributed by atoms with E-state index in [1.807, 2.05) is 20.8 Å². The average molecular weight is 258 g/mol. The van der Waals surface area contributed by atoms with E-state index < -0.39 is 18.7 Å². The molecule has 1 aromatic rings. The van der Waals surface area contributed by atoms with E-state index in [-0.39, 0.29) is 16.4 Å². The van der Waals surface area contributed by atoms with E-state index in [4.69, 9.17) is 0 Å². The summed E-state index contributed by atoms with van der Waals surface area (Å²) in [7, 11) is 0. The number of alkyl halides is 3. The third kappa shape index (κ3) is 2.89. The molecular weight excluding hydrogens is 240 g/mol. The maximum atomic E-state index is 13.1. The Balaban J connectivity index is 3.61. The normalized spacial score (nSPS) is 12.7. The third-order valence-corrected chi connectivity index (χ3v) is 3.04. The summed E-state index contributed by atoms with van der Waals surface area (Å²) in [5, 5.41) is 9.49. The predicted molar refractivity (Wildman–Crippen MR) is 68.4 cm³/mol. The molecule has 0 saturated carbocycles. The molecule has 1 rings (SSSR count). The molecule has 0 radical (unpaired) electrons. The van der Waals surface area contributed by atoms with Gasteiger partial charge in [0.05, 0.1) is 5.56 Å². The van der Waals surface area contributed by atoms with Crippen LogP contribution in [0.4, 0.5) is 13.2 Å². The van der Waals surface area contributed by atoms with Gasteiger partial charge in [0, 0.05) is 0 Å². The number of hydrogen-bond acceptors (Lipinski definition) is 1. The molecule has 0 spiro atoms. The van der Waals surface area contributed by atoms with Crippen LogP contribution in [-0.2, 0) is 11.6 Å². The van der Waals surface area contributed by atoms with Gasteiger partial charge in [0.15, 0.2) is 0 Å². The molecular formula is C13H18BF3O. The van der Waals surface area contributed by atoms with Crippen molar-refractivity contribution in [1.29, 1.82) is 0 Å². The molecule has 0 heterocycles. The SMILES string of the molecule is CB(O)c1ccc(C(C)(C)C)c(C)c1C(F)(F)F. The van der Waals surface area contributed by atoms with Crippen molar-refractivity contribution in [2.75, 3.05) is 0 Å². The van der Waals surface area contributed by atoms with E-state index in [0.29, 0.717) is 5.56 Å². The van der Waals surface area contributed by atoms with Gasteiger partial charge >= 0.3 is 13.1 Å². The molecule has 0 aromatic heterocycles. The minimum Gasteiger partial charge on any atom is -0.446 e. The van der Waals surface area contributed by atoms with E-state index in [2.05, 4.69) is 0 Å². The summed E-state index contributed by atoms with van der Waals surface area (Å²) in [6.45, 7) is 7.30. The smallest absolute Gasteiger partial charge is 0.416 e. The lowest BCUT2D eigenvalue weighted by atomic mass is 9.61. The standard InChI is InChI=1S/C13H18BF3O/c1-8-9(12(2,3)4)6-7-10(14(5)18)11(8)13(15,16)17/h6-7,18H,1-5H3. The minimum absolute atomic E-state index is 0.0620. The zero-order chi connectivity index (χ0) is 14.3. The zero-order valence-corrected chi connectivity index (χ0v) is 11.3. The van der Waals surface area contributed by atoms with Gasteiger partial charge in [-0.3, -0.25) is 0 Å². The maximum Gasteiger partial charge on any atom is 0.416 e. The van der Waals surface area contributed by atoms with Gasteiger partial charge in [-0.15, -0.1) is 0 Å². The molecule has 100 valence electrons. The van der Waals surface area contributed by atoms with Crippen LogP contribution in [0.2, 0.25) is 6.82 Å². The second-order valence-corrected chi connectivity index (χ2v) is 5.63. The van der Waals surface area contributed by atoms with Crippen LogP contribution in [0.3, 0.4) is 0 Å². The molecule has 0 aliphatic heterocycles. The molecule has 0 saturated heterocycles. The molecule has 0 aliphatic rings. The fourth-order valence-corrected chi connectivity index (χ4v) is 2.27. The van der Waals surface area contributed by atoms with Crippen molar-refractivity contribution in [2.45, 2.75) is 46.1 Å². The average Bonchev–Trinajstić information content (AvgIpc) is 2.12. The first-order valence-corrected chi connectivity index (χ1v) is 5.85. The van der Waals surface area contributed by atoms with Crippen molar-refractivity contribution in [2.24, 2.45) is 0 Å². The Morgan fingerprint density at radius 3 is 1.94 bits per heavy atom. The van der Waals surface area contributed by atoms with Crippen LogP contribution in [0.5, 0.6) is 0 Å². The summed E-state index contributed by atoms with van der Waals surface area (Å²) in [4.78, 5) is 0. The Morgan fingerprint density at radius 2 is 1.61 bits per heavy atom. The molecule has 1 nitrogen and oxygen atoms in total. The van der Waals surface area contributed by atoms with Gasteiger partial charge in [0.2, 0.25) is 0 Å². The lowest BCUT2D eigenvalue weighted by Gasteiger charge is -2.26.